The van der Waals surface area contributed by atoms with Crippen molar-refractivity contribution >= 4 is 28.6 Å². The lowest BCUT2D eigenvalue weighted by Crippen LogP contribution is -2.26. The molecule has 1 aromatic carbocycles. The van der Waals surface area contributed by atoms with Gasteiger partial charge in [0.2, 0.25) is 6.79 Å². The topological polar surface area (TPSA) is 97.3 Å². The highest BCUT2D eigenvalue weighted by Gasteiger charge is 2.23. The molecule has 4 rings (SSSR count). The molecule has 0 saturated heterocycles. The summed E-state index contributed by atoms with van der Waals surface area (Å²) < 4.78 is 15.9. The second-order valence-electron chi connectivity index (χ2n) is 6.61. The lowest BCUT2D eigenvalue weighted by atomic mass is 10.1. The third-order valence-corrected chi connectivity index (χ3v) is 5.59. The van der Waals surface area contributed by atoms with Crippen LogP contribution in [0.25, 0.3) is 0 Å². The van der Waals surface area contributed by atoms with E-state index in [4.69, 9.17) is 14.2 Å². The van der Waals surface area contributed by atoms with Gasteiger partial charge in [-0.2, -0.15) is 5.10 Å². The number of H-pyrrole nitrogens is 1. The Morgan fingerprint density at radius 2 is 2.14 bits per heavy atom. The monoisotopic (exact) mass is 414 g/mol. The molecule has 2 aromatic rings. The van der Waals surface area contributed by atoms with E-state index in [1.54, 1.807) is 18.7 Å². The summed E-state index contributed by atoms with van der Waals surface area (Å²) in [6, 6.07) is 5.81. The van der Waals surface area contributed by atoms with Crippen molar-refractivity contribution in [2.24, 2.45) is 10.1 Å². The molecule has 0 aliphatic carbocycles. The van der Waals surface area contributed by atoms with Crippen LogP contribution in [0.15, 0.2) is 28.3 Å². The number of carbonyl (C=O) groups excluding carboxylic acids is 1. The maximum Gasteiger partial charge on any atom is 0.340 e. The van der Waals surface area contributed by atoms with Gasteiger partial charge in [0.1, 0.15) is 0 Å². The maximum atomic E-state index is 12.2. The highest BCUT2D eigenvalue weighted by atomic mass is 32.2. The minimum atomic E-state index is -0.312. The Kier molecular flexibility index (Phi) is 5.48. The van der Waals surface area contributed by atoms with Gasteiger partial charge in [-0.25, -0.2) is 4.79 Å². The molecule has 8 nitrogen and oxygen atoms in total. The lowest BCUT2D eigenvalue weighted by Gasteiger charge is -2.14. The lowest BCUT2D eigenvalue weighted by molar-refractivity contribution is 0.0525. The van der Waals surface area contributed by atoms with Crippen molar-refractivity contribution in [1.29, 1.82) is 0 Å². The summed E-state index contributed by atoms with van der Waals surface area (Å²) in [5, 5.41) is 5.21. The molecule has 2 aliphatic rings. The van der Waals surface area contributed by atoms with E-state index in [0.29, 0.717) is 24.5 Å². The van der Waals surface area contributed by atoms with Crippen LogP contribution in [0.5, 0.6) is 11.5 Å². The van der Waals surface area contributed by atoms with Crippen LogP contribution >= 0.6 is 11.8 Å². The summed E-state index contributed by atoms with van der Waals surface area (Å²) in [6.07, 6.45) is 0. The molecule has 2 N–H and O–H groups in total. The molecule has 1 aromatic heterocycles. The van der Waals surface area contributed by atoms with E-state index in [2.05, 4.69) is 20.5 Å². The zero-order valence-corrected chi connectivity index (χ0v) is 17.3. The van der Waals surface area contributed by atoms with Crippen LogP contribution < -0.4 is 14.9 Å². The Labute approximate surface area is 172 Å². The van der Waals surface area contributed by atoms with Crippen molar-refractivity contribution in [2.75, 3.05) is 19.2 Å². The number of nitrogens with one attached hydrogen (secondary N) is 2. The van der Waals surface area contributed by atoms with Gasteiger partial charge in [0.25, 0.3) is 0 Å². The molecule has 0 radical (unpaired) electrons. The van der Waals surface area contributed by atoms with Crippen LogP contribution in [-0.4, -0.2) is 41.0 Å². The van der Waals surface area contributed by atoms with Crippen LogP contribution in [0.3, 0.4) is 0 Å². The van der Waals surface area contributed by atoms with Gasteiger partial charge in [-0.3, -0.25) is 10.4 Å². The van der Waals surface area contributed by atoms with Gasteiger partial charge < -0.3 is 19.2 Å². The molecule has 0 saturated carbocycles. The third kappa shape index (κ3) is 3.95. The quantitative estimate of drug-likeness (QED) is 0.730. The number of hydrazone groups is 1. The number of thioether (sulfide) groups is 1. The fourth-order valence-corrected chi connectivity index (χ4v) is 4.02. The van der Waals surface area contributed by atoms with Crippen molar-refractivity contribution < 1.29 is 19.0 Å². The average molecular weight is 414 g/mol. The Morgan fingerprint density at radius 1 is 1.31 bits per heavy atom. The summed E-state index contributed by atoms with van der Waals surface area (Å²) in [4.78, 5) is 20.0. The van der Waals surface area contributed by atoms with E-state index >= 15 is 0 Å². The molecular formula is C20H22N4O4S. The second kappa shape index (κ2) is 8.20. The largest absolute Gasteiger partial charge is 0.462 e. The van der Waals surface area contributed by atoms with Crippen molar-refractivity contribution in [3.63, 3.8) is 0 Å². The third-order valence-electron chi connectivity index (χ3n) is 4.68. The molecule has 29 heavy (non-hydrogen) atoms. The number of hydrogen-bond donors (Lipinski definition) is 2. The van der Waals surface area contributed by atoms with E-state index in [1.807, 2.05) is 32.0 Å². The highest BCUT2D eigenvalue weighted by molar-refractivity contribution is 8.14. The molecule has 0 amide bonds. The van der Waals surface area contributed by atoms with Gasteiger partial charge in [-0.15, -0.1) is 0 Å². The number of aromatic amines is 1. The number of carbonyl (C=O) groups is 1. The van der Waals surface area contributed by atoms with Gasteiger partial charge >= 0.3 is 5.97 Å². The first-order chi connectivity index (χ1) is 14.1. The van der Waals surface area contributed by atoms with E-state index in [-0.39, 0.29) is 12.8 Å². The molecule has 152 valence electrons. The number of ether oxygens (including phenoxy) is 3. The number of fused-ring (bicyclic) bond motifs is 1. The number of esters is 1. The number of amidine groups is 1. The number of rotatable bonds is 5. The molecule has 0 fully saturated rings. The van der Waals surface area contributed by atoms with Crippen molar-refractivity contribution in [3.8, 4) is 11.5 Å². The highest BCUT2D eigenvalue weighted by Crippen LogP contribution is 2.32. The Bertz CT molecular complexity index is 1010. The predicted molar refractivity (Wildman–Crippen MR) is 112 cm³/mol. The molecule has 2 aliphatic heterocycles. The number of nitrogens with zero attached hydrogens (tertiary/aromatic N) is 2. The van der Waals surface area contributed by atoms with Crippen LogP contribution in [0, 0.1) is 13.8 Å². The van der Waals surface area contributed by atoms with Crippen molar-refractivity contribution in [3.05, 3.63) is 46.3 Å². The molecule has 0 spiro atoms. The number of hydrogen-bond acceptors (Lipinski definition) is 7. The molecular weight excluding hydrogens is 392 g/mol. The first-order valence-electron chi connectivity index (χ1n) is 9.31. The summed E-state index contributed by atoms with van der Waals surface area (Å²) in [7, 11) is 0. The molecule has 0 unspecified atom stereocenters. The van der Waals surface area contributed by atoms with Crippen LogP contribution in [0.2, 0.25) is 0 Å². The second-order valence-corrected chi connectivity index (χ2v) is 7.58. The Morgan fingerprint density at radius 3 is 2.90 bits per heavy atom. The minimum absolute atomic E-state index is 0.262. The van der Waals surface area contributed by atoms with Crippen molar-refractivity contribution in [2.45, 2.75) is 27.3 Å². The van der Waals surface area contributed by atoms with Gasteiger partial charge in [0, 0.05) is 11.4 Å². The molecule has 0 atom stereocenters. The average Bonchev–Trinajstić information content (AvgIpc) is 3.30. The SMILES string of the molecule is CCOC(=O)c1c(C)[nH]c(C2=NNC(=NCc3ccc4c(c3)OCO4)SC2)c1C. The van der Waals surface area contributed by atoms with Gasteiger partial charge in [0.15, 0.2) is 16.7 Å². The predicted octanol–water partition coefficient (Wildman–Crippen LogP) is 3.13. The first kappa shape index (κ1) is 19.4. The van der Waals surface area contributed by atoms with Crippen LogP contribution in [-0.2, 0) is 11.3 Å². The summed E-state index contributed by atoms with van der Waals surface area (Å²) in [5.74, 6) is 1.85. The molecule has 9 heteroatoms. The molecule has 3 heterocycles. The zero-order chi connectivity index (χ0) is 20.4. The van der Waals surface area contributed by atoms with E-state index in [9.17, 15) is 4.79 Å². The molecule has 0 bridgehead atoms. The normalized spacial score (nSPS) is 16.5. The first-order valence-corrected chi connectivity index (χ1v) is 10.3. The smallest absolute Gasteiger partial charge is 0.340 e. The van der Waals surface area contributed by atoms with Gasteiger partial charge in [-0.1, -0.05) is 17.8 Å². The van der Waals surface area contributed by atoms with Crippen LogP contribution in [0.1, 0.15) is 39.8 Å². The van der Waals surface area contributed by atoms with E-state index in [0.717, 1.165) is 44.9 Å². The maximum absolute atomic E-state index is 12.2. The zero-order valence-electron chi connectivity index (χ0n) is 16.5. The van der Waals surface area contributed by atoms with Gasteiger partial charge in [0.05, 0.1) is 30.1 Å². The number of aliphatic imine (C=N–C) groups is 1. The van der Waals surface area contributed by atoms with Crippen LogP contribution in [0.4, 0.5) is 0 Å². The summed E-state index contributed by atoms with van der Waals surface area (Å²) in [6.45, 7) is 6.70. The Hall–Kier alpha value is -2.94. The Balaban J connectivity index is 1.45. The summed E-state index contributed by atoms with van der Waals surface area (Å²) >= 11 is 1.57. The van der Waals surface area contributed by atoms with E-state index in [1.165, 1.54) is 0 Å². The number of aromatic nitrogens is 1. The fourth-order valence-electron chi connectivity index (χ4n) is 3.28. The summed E-state index contributed by atoms with van der Waals surface area (Å²) in [5.41, 5.74) is 7.95. The minimum Gasteiger partial charge on any atom is -0.462 e. The standard InChI is InChI=1S/C20H22N4O4S/c1-4-26-19(25)17-11(2)18(22-12(17)3)14-9-29-20(24-23-14)21-8-13-5-6-15-16(7-13)28-10-27-15/h5-7,22H,4,8-10H2,1-3H3,(H,21,24). The number of aryl methyl sites for hydroxylation is 1. The van der Waals surface area contributed by atoms with Crippen molar-refractivity contribution in [1.82, 2.24) is 10.4 Å². The van der Waals surface area contributed by atoms with E-state index < -0.39 is 0 Å². The van der Waals surface area contributed by atoms with Gasteiger partial charge in [-0.05, 0) is 44.0 Å². The number of benzene rings is 1. The fraction of sp³-hybridized carbons (Fsp3) is 0.350.